The number of nitrogens with one attached hydrogen (secondary N) is 2. The van der Waals surface area contributed by atoms with Crippen LogP contribution in [0.3, 0.4) is 0 Å². The second-order valence-electron chi connectivity index (χ2n) is 7.82. The Bertz CT molecular complexity index is 1020. The Morgan fingerprint density at radius 3 is 1.62 bits per heavy atom. The fourth-order valence-electron chi connectivity index (χ4n) is 2.80. The lowest BCUT2D eigenvalue weighted by molar-refractivity contribution is 0.101. The Labute approximate surface area is 179 Å². The van der Waals surface area contributed by atoms with Crippen molar-refractivity contribution in [3.05, 3.63) is 94.0 Å². The van der Waals surface area contributed by atoms with Crippen LogP contribution in [0.5, 0.6) is 0 Å². The smallest absolute Gasteiger partial charge is 0.255 e. The number of rotatable bonds is 4. The molecule has 0 aliphatic carbocycles. The molecule has 0 radical (unpaired) electrons. The standard InChI is InChI=1S/C24H23BrN2O2/c1-24(2,3)18-11-7-16(8-12-18)22(28)26-20-5-4-6-21(15-20)27-23(29)17-9-13-19(25)14-10-17/h4-15H,1-3H3,(H,26,28)(H,27,29). The maximum Gasteiger partial charge on any atom is 0.255 e. The second-order valence-corrected chi connectivity index (χ2v) is 8.74. The predicted molar refractivity (Wildman–Crippen MR) is 122 cm³/mol. The van der Waals surface area contributed by atoms with Gasteiger partial charge in [-0.25, -0.2) is 0 Å². The van der Waals surface area contributed by atoms with Gasteiger partial charge in [-0.3, -0.25) is 9.59 Å². The number of anilines is 2. The average Bonchev–Trinajstić information content (AvgIpc) is 2.68. The van der Waals surface area contributed by atoms with Gasteiger partial charge in [0.2, 0.25) is 0 Å². The van der Waals surface area contributed by atoms with Crippen molar-refractivity contribution in [1.29, 1.82) is 0 Å². The Kier molecular flexibility index (Phi) is 6.18. The summed E-state index contributed by atoms with van der Waals surface area (Å²) < 4.78 is 0.911. The van der Waals surface area contributed by atoms with Crippen molar-refractivity contribution in [2.75, 3.05) is 10.6 Å². The van der Waals surface area contributed by atoms with Gasteiger partial charge in [0.1, 0.15) is 0 Å². The molecule has 29 heavy (non-hydrogen) atoms. The molecule has 2 amide bonds. The summed E-state index contributed by atoms with van der Waals surface area (Å²) in [5, 5.41) is 5.73. The molecular formula is C24H23BrN2O2. The van der Waals surface area contributed by atoms with Crippen molar-refractivity contribution in [3.8, 4) is 0 Å². The average molecular weight is 451 g/mol. The highest BCUT2D eigenvalue weighted by molar-refractivity contribution is 9.10. The fraction of sp³-hybridized carbons (Fsp3) is 0.167. The Morgan fingerprint density at radius 1 is 0.724 bits per heavy atom. The van der Waals surface area contributed by atoms with Gasteiger partial charge < -0.3 is 10.6 Å². The van der Waals surface area contributed by atoms with Gasteiger partial charge >= 0.3 is 0 Å². The number of amides is 2. The lowest BCUT2D eigenvalue weighted by atomic mass is 9.87. The molecule has 5 heteroatoms. The number of carbonyl (C=O) groups is 2. The summed E-state index contributed by atoms with van der Waals surface area (Å²) in [6.45, 7) is 6.41. The van der Waals surface area contributed by atoms with E-state index in [4.69, 9.17) is 0 Å². The van der Waals surface area contributed by atoms with Crippen LogP contribution in [-0.2, 0) is 5.41 Å². The van der Waals surface area contributed by atoms with Crippen molar-refractivity contribution < 1.29 is 9.59 Å². The van der Waals surface area contributed by atoms with Crippen LogP contribution in [0.15, 0.2) is 77.3 Å². The van der Waals surface area contributed by atoms with E-state index in [0.717, 1.165) is 4.47 Å². The van der Waals surface area contributed by atoms with Gasteiger partial charge in [0.05, 0.1) is 0 Å². The molecule has 3 aromatic carbocycles. The highest BCUT2D eigenvalue weighted by Crippen LogP contribution is 2.23. The molecule has 4 nitrogen and oxygen atoms in total. The van der Waals surface area contributed by atoms with Crippen LogP contribution in [0.1, 0.15) is 47.1 Å². The van der Waals surface area contributed by atoms with Crippen molar-refractivity contribution in [1.82, 2.24) is 0 Å². The Morgan fingerprint density at radius 2 is 1.17 bits per heavy atom. The van der Waals surface area contributed by atoms with Crippen LogP contribution < -0.4 is 10.6 Å². The number of hydrogen-bond acceptors (Lipinski definition) is 2. The van der Waals surface area contributed by atoms with E-state index in [-0.39, 0.29) is 17.2 Å². The van der Waals surface area contributed by atoms with Gasteiger partial charge in [0.25, 0.3) is 11.8 Å². The van der Waals surface area contributed by atoms with Crippen LogP contribution in [0.2, 0.25) is 0 Å². The third-order valence-corrected chi connectivity index (χ3v) is 5.03. The molecule has 148 valence electrons. The minimum absolute atomic E-state index is 0.0381. The monoisotopic (exact) mass is 450 g/mol. The normalized spacial score (nSPS) is 11.0. The molecule has 0 saturated carbocycles. The highest BCUT2D eigenvalue weighted by Gasteiger charge is 2.14. The zero-order chi connectivity index (χ0) is 21.0. The zero-order valence-electron chi connectivity index (χ0n) is 16.6. The Hall–Kier alpha value is -2.92. The van der Waals surface area contributed by atoms with E-state index in [2.05, 4.69) is 47.3 Å². The third kappa shape index (κ3) is 5.55. The molecule has 2 N–H and O–H groups in total. The van der Waals surface area contributed by atoms with Gasteiger partial charge in [-0.15, -0.1) is 0 Å². The van der Waals surface area contributed by atoms with E-state index in [1.54, 1.807) is 36.4 Å². The predicted octanol–water partition coefficient (Wildman–Crippen LogP) is 6.25. The summed E-state index contributed by atoms with van der Waals surface area (Å²) in [5.74, 6) is -0.402. The van der Waals surface area contributed by atoms with E-state index in [9.17, 15) is 9.59 Å². The highest BCUT2D eigenvalue weighted by atomic mass is 79.9. The molecule has 0 fully saturated rings. The first-order chi connectivity index (χ1) is 13.7. The minimum atomic E-state index is -0.209. The molecule has 0 aromatic heterocycles. The fourth-order valence-corrected chi connectivity index (χ4v) is 3.07. The molecule has 3 aromatic rings. The first-order valence-electron chi connectivity index (χ1n) is 9.31. The lowest BCUT2D eigenvalue weighted by Gasteiger charge is -2.19. The maximum atomic E-state index is 12.6. The van der Waals surface area contributed by atoms with Gasteiger partial charge in [-0.2, -0.15) is 0 Å². The zero-order valence-corrected chi connectivity index (χ0v) is 18.2. The Balaban J connectivity index is 1.68. The molecule has 3 rings (SSSR count). The topological polar surface area (TPSA) is 58.2 Å². The molecule has 0 saturated heterocycles. The van der Waals surface area contributed by atoms with Crippen LogP contribution in [0, 0.1) is 0 Å². The minimum Gasteiger partial charge on any atom is -0.322 e. The number of halogens is 1. The summed E-state index contributed by atoms with van der Waals surface area (Å²) in [6.07, 6.45) is 0. The van der Waals surface area contributed by atoms with Crippen molar-refractivity contribution in [2.24, 2.45) is 0 Å². The van der Waals surface area contributed by atoms with Crippen molar-refractivity contribution >= 4 is 39.1 Å². The quantitative estimate of drug-likeness (QED) is 0.493. The first kappa shape index (κ1) is 20.8. The molecule has 0 aliphatic heterocycles. The molecule has 0 aliphatic rings. The third-order valence-electron chi connectivity index (χ3n) is 4.50. The number of hydrogen-bond donors (Lipinski definition) is 2. The number of carbonyl (C=O) groups excluding carboxylic acids is 2. The maximum absolute atomic E-state index is 12.6. The summed E-state index contributed by atoms with van der Waals surface area (Å²) >= 11 is 3.35. The first-order valence-corrected chi connectivity index (χ1v) is 10.1. The number of benzene rings is 3. The van der Waals surface area contributed by atoms with Crippen LogP contribution in [0.25, 0.3) is 0 Å². The summed E-state index contributed by atoms with van der Waals surface area (Å²) in [6, 6.07) is 21.8. The van der Waals surface area contributed by atoms with Crippen molar-refractivity contribution in [2.45, 2.75) is 26.2 Å². The van der Waals surface area contributed by atoms with Gasteiger partial charge in [0.15, 0.2) is 0 Å². The molecular weight excluding hydrogens is 428 g/mol. The molecule has 0 spiro atoms. The van der Waals surface area contributed by atoms with Crippen LogP contribution in [0.4, 0.5) is 11.4 Å². The summed E-state index contributed by atoms with van der Waals surface area (Å²) in [4.78, 5) is 24.9. The van der Waals surface area contributed by atoms with E-state index in [1.807, 2.05) is 36.4 Å². The largest absolute Gasteiger partial charge is 0.322 e. The van der Waals surface area contributed by atoms with Gasteiger partial charge in [0, 0.05) is 27.0 Å². The van der Waals surface area contributed by atoms with Gasteiger partial charge in [-0.1, -0.05) is 54.9 Å². The van der Waals surface area contributed by atoms with Crippen LogP contribution >= 0.6 is 15.9 Å². The van der Waals surface area contributed by atoms with E-state index < -0.39 is 0 Å². The molecule has 0 atom stereocenters. The van der Waals surface area contributed by atoms with Crippen LogP contribution in [-0.4, -0.2) is 11.8 Å². The molecule has 0 bridgehead atoms. The second kappa shape index (κ2) is 8.62. The lowest BCUT2D eigenvalue weighted by Crippen LogP contribution is -2.15. The van der Waals surface area contributed by atoms with E-state index in [1.165, 1.54) is 5.56 Å². The van der Waals surface area contributed by atoms with Gasteiger partial charge in [-0.05, 0) is 65.6 Å². The molecule has 0 heterocycles. The van der Waals surface area contributed by atoms with E-state index in [0.29, 0.717) is 22.5 Å². The molecule has 0 unspecified atom stereocenters. The SMILES string of the molecule is CC(C)(C)c1ccc(C(=O)Nc2cccc(NC(=O)c3ccc(Br)cc3)c2)cc1. The summed E-state index contributed by atoms with van der Waals surface area (Å²) in [7, 11) is 0. The summed E-state index contributed by atoms with van der Waals surface area (Å²) in [5.41, 5.74) is 3.58. The van der Waals surface area contributed by atoms with E-state index >= 15 is 0 Å². The van der Waals surface area contributed by atoms with Crippen molar-refractivity contribution in [3.63, 3.8) is 0 Å².